The van der Waals surface area contributed by atoms with Gasteiger partial charge in [-0.15, -0.1) is 0 Å². The van der Waals surface area contributed by atoms with Crippen molar-refractivity contribution in [2.75, 3.05) is 26.2 Å². The van der Waals surface area contributed by atoms with E-state index in [1.807, 2.05) is 0 Å². The van der Waals surface area contributed by atoms with Gasteiger partial charge in [0.15, 0.2) is 0 Å². The lowest BCUT2D eigenvalue weighted by molar-refractivity contribution is -0.148. The molecule has 6 heteroatoms. The van der Waals surface area contributed by atoms with E-state index < -0.39 is 5.97 Å². The normalized spacial score (nSPS) is 16.8. The van der Waals surface area contributed by atoms with E-state index in [4.69, 9.17) is 10.4 Å². The zero-order valence-corrected chi connectivity index (χ0v) is 7.56. The van der Waals surface area contributed by atoms with Crippen LogP contribution in [0, 0.1) is 17.2 Å². The first-order valence-electron chi connectivity index (χ1n) is 4.22. The molecule has 0 aromatic carbocycles. The highest BCUT2D eigenvalue weighted by molar-refractivity contribution is 5.79. The van der Waals surface area contributed by atoms with Crippen molar-refractivity contribution in [2.24, 2.45) is 5.92 Å². The quantitative estimate of drug-likeness (QED) is 0.543. The molecule has 14 heavy (non-hydrogen) atoms. The molecule has 0 spiro atoms. The molecule has 1 aliphatic rings. The number of carboxylic acid groups (broad SMARTS) is 1. The molecule has 6 nitrogen and oxygen atoms in total. The number of nitrogens with one attached hydrogen (secondary N) is 1. The first kappa shape index (κ1) is 10.5. The molecular formula is C8H11N3O3. The second kappa shape index (κ2) is 4.58. The summed E-state index contributed by atoms with van der Waals surface area (Å²) in [7, 11) is 0. The first-order valence-corrected chi connectivity index (χ1v) is 4.22. The van der Waals surface area contributed by atoms with Crippen LogP contribution in [0.25, 0.3) is 0 Å². The molecule has 1 heterocycles. The van der Waals surface area contributed by atoms with Gasteiger partial charge in [0.2, 0.25) is 5.91 Å². The van der Waals surface area contributed by atoms with Crippen molar-refractivity contribution in [1.82, 2.24) is 10.2 Å². The number of nitrogens with zero attached hydrogens (tertiary/aromatic N) is 2. The number of aliphatic carboxylic acids is 1. The number of likely N-dealkylation sites (tertiary alicyclic amines) is 1. The number of nitriles is 1. The monoisotopic (exact) mass is 197 g/mol. The summed E-state index contributed by atoms with van der Waals surface area (Å²) >= 11 is 0. The minimum absolute atomic E-state index is 0.00493. The molecule has 1 fully saturated rings. The van der Waals surface area contributed by atoms with Crippen molar-refractivity contribution in [2.45, 2.75) is 0 Å². The van der Waals surface area contributed by atoms with Gasteiger partial charge in [0, 0.05) is 13.1 Å². The molecule has 0 unspecified atom stereocenters. The number of carbonyl (C=O) groups is 2. The lowest BCUT2D eigenvalue weighted by Gasteiger charge is -2.35. The van der Waals surface area contributed by atoms with E-state index in [-0.39, 0.29) is 24.9 Å². The second-order valence-electron chi connectivity index (χ2n) is 3.16. The summed E-state index contributed by atoms with van der Waals surface area (Å²) in [5, 5.41) is 19.1. The van der Waals surface area contributed by atoms with E-state index in [1.165, 1.54) is 0 Å². The van der Waals surface area contributed by atoms with Crippen LogP contribution in [-0.4, -0.2) is 48.1 Å². The molecule has 0 saturated carbocycles. The molecule has 76 valence electrons. The van der Waals surface area contributed by atoms with E-state index in [1.54, 1.807) is 11.0 Å². The Morgan fingerprint density at radius 2 is 2.21 bits per heavy atom. The van der Waals surface area contributed by atoms with Crippen molar-refractivity contribution in [3.63, 3.8) is 0 Å². The number of amides is 1. The molecule has 1 amide bonds. The molecule has 0 aromatic rings. The van der Waals surface area contributed by atoms with Crippen LogP contribution >= 0.6 is 0 Å². The predicted molar refractivity (Wildman–Crippen MR) is 46.2 cm³/mol. The van der Waals surface area contributed by atoms with E-state index in [0.29, 0.717) is 13.1 Å². The Balaban J connectivity index is 2.14. The van der Waals surface area contributed by atoms with Gasteiger partial charge in [0.25, 0.3) is 0 Å². The van der Waals surface area contributed by atoms with Gasteiger partial charge in [-0.3, -0.25) is 14.5 Å². The molecule has 1 saturated heterocycles. The van der Waals surface area contributed by atoms with Crippen molar-refractivity contribution >= 4 is 11.9 Å². The molecule has 2 N–H and O–H groups in total. The molecule has 0 radical (unpaired) electrons. The SMILES string of the molecule is N#CCNC(=O)CN1CC(C(=O)O)C1. The van der Waals surface area contributed by atoms with Gasteiger partial charge in [0.05, 0.1) is 18.5 Å². The van der Waals surface area contributed by atoms with Crippen molar-refractivity contribution in [3.8, 4) is 6.07 Å². The van der Waals surface area contributed by atoms with Gasteiger partial charge in [-0.05, 0) is 0 Å². The third kappa shape index (κ3) is 2.71. The zero-order valence-electron chi connectivity index (χ0n) is 7.56. The Bertz CT molecular complexity index is 278. The fraction of sp³-hybridized carbons (Fsp3) is 0.625. The van der Waals surface area contributed by atoms with Crippen LogP contribution in [0.3, 0.4) is 0 Å². The minimum atomic E-state index is -0.821. The van der Waals surface area contributed by atoms with Crippen LogP contribution in [-0.2, 0) is 9.59 Å². The standard InChI is InChI=1S/C8H11N3O3/c9-1-2-10-7(12)5-11-3-6(4-11)8(13)14/h6H,2-5H2,(H,10,12)(H,13,14). The number of carbonyl (C=O) groups excluding carboxylic acids is 1. The number of carboxylic acids is 1. The topological polar surface area (TPSA) is 93.4 Å². The van der Waals surface area contributed by atoms with Crippen LogP contribution in [0.5, 0.6) is 0 Å². The fourth-order valence-corrected chi connectivity index (χ4v) is 1.25. The van der Waals surface area contributed by atoms with E-state index in [9.17, 15) is 9.59 Å². The Labute approximate surface area is 81.1 Å². The number of hydrogen-bond acceptors (Lipinski definition) is 4. The highest BCUT2D eigenvalue weighted by Gasteiger charge is 2.33. The van der Waals surface area contributed by atoms with Crippen molar-refractivity contribution in [1.29, 1.82) is 5.26 Å². The second-order valence-corrected chi connectivity index (χ2v) is 3.16. The number of rotatable bonds is 4. The van der Waals surface area contributed by atoms with Gasteiger partial charge >= 0.3 is 5.97 Å². The van der Waals surface area contributed by atoms with Crippen LogP contribution in [0.2, 0.25) is 0 Å². The average Bonchev–Trinajstić information content (AvgIpc) is 2.06. The highest BCUT2D eigenvalue weighted by atomic mass is 16.4. The lowest BCUT2D eigenvalue weighted by atomic mass is 10.0. The van der Waals surface area contributed by atoms with Gasteiger partial charge in [-0.1, -0.05) is 0 Å². The van der Waals surface area contributed by atoms with Crippen LogP contribution in [0.4, 0.5) is 0 Å². The molecule has 0 bridgehead atoms. The van der Waals surface area contributed by atoms with Crippen LogP contribution < -0.4 is 5.32 Å². The average molecular weight is 197 g/mol. The Hall–Kier alpha value is -1.61. The van der Waals surface area contributed by atoms with Gasteiger partial charge < -0.3 is 10.4 Å². The maximum atomic E-state index is 11.0. The van der Waals surface area contributed by atoms with Crippen molar-refractivity contribution < 1.29 is 14.7 Å². The Morgan fingerprint density at radius 1 is 1.57 bits per heavy atom. The maximum absolute atomic E-state index is 11.0. The molecule has 0 atom stereocenters. The van der Waals surface area contributed by atoms with Crippen LogP contribution in [0.1, 0.15) is 0 Å². The van der Waals surface area contributed by atoms with Gasteiger partial charge in [-0.25, -0.2) is 0 Å². The zero-order chi connectivity index (χ0) is 10.6. The first-order chi connectivity index (χ1) is 6.63. The summed E-state index contributed by atoms with van der Waals surface area (Å²) in [5.74, 6) is -1.41. The predicted octanol–water partition coefficient (Wildman–Crippen LogP) is -1.36. The van der Waals surface area contributed by atoms with Crippen molar-refractivity contribution in [3.05, 3.63) is 0 Å². The summed E-state index contributed by atoms with van der Waals surface area (Å²) < 4.78 is 0. The Morgan fingerprint density at radius 3 is 2.71 bits per heavy atom. The summed E-state index contributed by atoms with van der Waals surface area (Å²) in [6.07, 6.45) is 0. The van der Waals surface area contributed by atoms with Gasteiger partial charge in [-0.2, -0.15) is 5.26 Å². The summed E-state index contributed by atoms with van der Waals surface area (Å²) in [4.78, 5) is 23.2. The largest absolute Gasteiger partial charge is 0.481 e. The van der Waals surface area contributed by atoms with E-state index >= 15 is 0 Å². The van der Waals surface area contributed by atoms with Gasteiger partial charge in [0.1, 0.15) is 6.54 Å². The third-order valence-electron chi connectivity index (χ3n) is 2.04. The molecule has 0 aliphatic carbocycles. The minimum Gasteiger partial charge on any atom is -0.481 e. The summed E-state index contributed by atoms with van der Waals surface area (Å²) in [6, 6.07) is 1.79. The molecule has 1 rings (SSSR count). The Kier molecular flexibility index (Phi) is 3.42. The fourth-order valence-electron chi connectivity index (χ4n) is 1.25. The highest BCUT2D eigenvalue weighted by Crippen LogP contribution is 2.14. The smallest absolute Gasteiger partial charge is 0.309 e. The number of hydrogen-bond donors (Lipinski definition) is 2. The molecule has 1 aliphatic heterocycles. The molecule has 0 aromatic heterocycles. The van der Waals surface area contributed by atoms with Crippen LogP contribution in [0.15, 0.2) is 0 Å². The lowest BCUT2D eigenvalue weighted by Crippen LogP contribution is -2.53. The maximum Gasteiger partial charge on any atom is 0.309 e. The third-order valence-corrected chi connectivity index (χ3v) is 2.04. The van der Waals surface area contributed by atoms with E-state index in [2.05, 4.69) is 5.32 Å². The summed E-state index contributed by atoms with van der Waals surface area (Å²) in [6.45, 7) is 0.991. The molecular weight excluding hydrogens is 186 g/mol. The van der Waals surface area contributed by atoms with E-state index in [0.717, 1.165) is 0 Å². The summed E-state index contributed by atoms with van der Waals surface area (Å²) in [5.41, 5.74) is 0.